The largest absolute Gasteiger partial charge is 0.490 e. The normalized spacial score (nSPS) is 12.2. The molecule has 32 heavy (non-hydrogen) atoms. The van der Waals surface area contributed by atoms with Crippen molar-refractivity contribution in [3.63, 3.8) is 0 Å². The van der Waals surface area contributed by atoms with Crippen LogP contribution in [0.5, 0.6) is 11.5 Å². The molecule has 0 aliphatic heterocycles. The van der Waals surface area contributed by atoms with Crippen LogP contribution in [0, 0.1) is 0 Å². The van der Waals surface area contributed by atoms with E-state index in [9.17, 15) is 4.79 Å². The lowest BCUT2D eigenvalue weighted by atomic mass is 9.95. The van der Waals surface area contributed by atoms with E-state index in [1.807, 2.05) is 53.7 Å². The van der Waals surface area contributed by atoms with E-state index in [0.29, 0.717) is 45.4 Å². The molecule has 1 aromatic heterocycles. The maximum Gasteiger partial charge on any atom is 0.282 e. The minimum absolute atomic E-state index is 0.0536. The fraction of sp³-hybridized carbons (Fsp3) is 0.375. The number of benzene rings is 2. The fourth-order valence-electron chi connectivity index (χ4n) is 3.14. The van der Waals surface area contributed by atoms with E-state index in [2.05, 4.69) is 21.0 Å². The quantitative estimate of drug-likeness (QED) is 0.364. The van der Waals surface area contributed by atoms with Crippen molar-refractivity contribution < 1.29 is 9.47 Å². The molecule has 0 amide bonds. The van der Waals surface area contributed by atoms with E-state index in [4.69, 9.17) is 26.1 Å². The van der Waals surface area contributed by atoms with Crippen molar-refractivity contribution >= 4 is 44.6 Å². The maximum atomic E-state index is 13.3. The number of hydrogen-bond acceptors (Lipinski definition) is 5. The summed E-state index contributed by atoms with van der Waals surface area (Å²) in [5.74, 6) is 1.58. The van der Waals surface area contributed by atoms with Crippen LogP contribution in [0.3, 0.4) is 0 Å². The second-order valence-corrected chi connectivity index (χ2v) is 9.96. The highest BCUT2D eigenvalue weighted by molar-refractivity contribution is 9.10. The fourth-order valence-corrected chi connectivity index (χ4v) is 3.77. The van der Waals surface area contributed by atoms with Gasteiger partial charge in [0, 0.05) is 9.89 Å². The Balaban J connectivity index is 2.15. The SMILES string of the molecule is CCOc1cc(C=Nn2c(C(C)(C)C)nc3ccc(Br)cc3c2=O)cc(Cl)c1OC(C)C. The van der Waals surface area contributed by atoms with Crippen LogP contribution in [0.4, 0.5) is 0 Å². The monoisotopic (exact) mass is 519 g/mol. The summed E-state index contributed by atoms with van der Waals surface area (Å²) in [5, 5.41) is 5.40. The van der Waals surface area contributed by atoms with Crippen LogP contribution >= 0.6 is 27.5 Å². The van der Waals surface area contributed by atoms with Crippen molar-refractivity contribution in [1.29, 1.82) is 0 Å². The molecule has 0 unspecified atom stereocenters. The molecule has 0 saturated carbocycles. The molecule has 0 aliphatic carbocycles. The van der Waals surface area contributed by atoms with Crippen LogP contribution in [0.2, 0.25) is 5.02 Å². The maximum absolute atomic E-state index is 13.3. The highest BCUT2D eigenvalue weighted by atomic mass is 79.9. The van der Waals surface area contributed by atoms with Crippen LogP contribution in [0.15, 0.2) is 44.7 Å². The number of hydrogen-bond donors (Lipinski definition) is 0. The summed E-state index contributed by atoms with van der Waals surface area (Å²) in [6.45, 7) is 12.2. The first-order valence-electron chi connectivity index (χ1n) is 10.4. The van der Waals surface area contributed by atoms with Gasteiger partial charge in [-0.3, -0.25) is 4.79 Å². The lowest BCUT2D eigenvalue weighted by Gasteiger charge is -2.21. The Kier molecular flexibility index (Phi) is 7.30. The molecule has 2 aromatic carbocycles. The van der Waals surface area contributed by atoms with Crippen LogP contribution in [0.1, 0.15) is 52.9 Å². The van der Waals surface area contributed by atoms with E-state index in [-0.39, 0.29) is 11.7 Å². The van der Waals surface area contributed by atoms with Crippen molar-refractivity contribution in [2.24, 2.45) is 5.10 Å². The smallest absolute Gasteiger partial charge is 0.282 e. The molecular formula is C24H27BrClN3O3. The van der Waals surface area contributed by atoms with Gasteiger partial charge in [0.25, 0.3) is 5.56 Å². The van der Waals surface area contributed by atoms with Crippen molar-refractivity contribution in [2.75, 3.05) is 6.61 Å². The summed E-state index contributed by atoms with van der Waals surface area (Å²) < 4.78 is 13.7. The van der Waals surface area contributed by atoms with Crippen molar-refractivity contribution in [3.8, 4) is 11.5 Å². The van der Waals surface area contributed by atoms with Crippen LogP contribution in [0.25, 0.3) is 10.9 Å². The minimum atomic E-state index is -0.402. The van der Waals surface area contributed by atoms with E-state index >= 15 is 0 Å². The van der Waals surface area contributed by atoms with Crippen LogP contribution < -0.4 is 15.0 Å². The first kappa shape index (κ1) is 24.3. The number of nitrogens with zero attached hydrogens (tertiary/aromatic N) is 3. The summed E-state index contributed by atoms with van der Waals surface area (Å²) in [6.07, 6.45) is 1.53. The van der Waals surface area contributed by atoms with Gasteiger partial charge >= 0.3 is 0 Å². The third-order valence-corrected chi connectivity index (χ3v) is 5.26. The molecule has 3 rings (SSSR count). The molecule has 0 spiro atoms. The number of halogens is 2. The third kappa shape index (κ3) is 5.33. The van der Waals surface area contributed by atoms with Gasteiger partial charge in [0.1, 0.15) is 5.82 Å². The minimum Gasteiger partial charge on any atom is -0.490 e. The van der Waals surface area contributed by atoms with Crippen LogP contribution in [-0.2, 0) is 5.41 Å². The molecule has 0 radical (unpaired) electrons. The van der Waals surface area contributed by atoms with E-state index in [0.717, 1.165) is 4.47 Å². The molecule has 6 nitrogen and oxygen atoms in total. The van der Waals surface area contributed by atoms with Crippen molar-refractivity contribution in [1.82, 2.24) is 9.66 Å². The number of fused-ring (bicyclic) bond motifs is 1. The van der Waals surface area contributed by atoms with E-state index < -0.39 is 5.41 Å². The Morgan fingerprint density at radius 1 is 1.25 bits per heavy atom. The zero-order chi connectivity index (χ0) is 23.6. The molecule has 170 valence electrons. The molecule has 0 atom stereocenters. The Morgan fingerprint density at radius 3 is 2.59 bits per heavy atom. The molecule has 0 aliphatic rings. The van der Waals surface area contributed by atoms with Gasteiger partial charge < -0.3 is 9.47 Å². The van der Waals surface area contributed by atoms with Gasteiger partial charge in [-0.25, -0.2) is 4.98 Å². The Hall–Kier alpha value is -2.38. The number of ether oxygens (including phenoxy) is 2. The Morgan fingerprint density at radius 2 is 1.97 bits per heavy atom. The predicted octanol–water partition coefficient (Wildman–Crippen LogP) is 6.18. The van der Waals surface area contributed by atoms with E-state index in [1.54, 1.807) is 24.4 Å². The third-order valence-electron chi connectivity index (χ3n) is 4.49. The highest BCUT2D eigenvalue weighted by Gasteiger charge is 2.23. The molecule has 0 saturated heterocycles. The average molecular weight is 521 g/mol. The lowest BCUT2D eigenvalue weighted by Crippen LogP contribution is -2.29. The van der Waals surface area contributed by atoms with Gasteiger partial charge in [0.15, 0.2) is 11.5 Å². The van der Waals surface area contributed by atoms with Gasteiger partial charge in [-0.05, 0) is 56.7 Å². The van der Waals surface area contributed by atoms with Gasteiger partial charge in [0.2, 0.25) is 0 Å². The number of rotatable bonds is 6. The van der Waals surface area contributed by atoms with E-state index in [1.165, 1.54) is 4.68 Å². The second kappa shape index (κ2) is 9.63. The summed E-state index contributed by atoms with van der Waals surface area (Å²) in [5.41, 5.74) is 0.663. The van der Waals surface area contributed by atoms with Crippen molar-refractivity contribution in [3.05, 3.63) is 61.6 Å². The highest BCUT2D eigenvalue weighted by Crippen LogP contribution is 2.37. The average Bonchev–Trinajstić information content (AvgIpc) is 2.69. The Labute approximate surface area is 201 Å². The van der Waals surface area contributed by atoms with Gasteiger partial charge in [0.05, 0.1) is 34.9 Å². The lowest BCUT2D eigenvalue weighted by molar-refractivity contribution is 0.224. The molecule has 3 aromatic rings. The Bertz CT molecular complexity index is 1230. The predicted molar refractivity (Wildman–Crippen MR) is 134 cm³/mol. The topological polar surface area (TPSA) is 65.7 Å². The summed E-state index contributed by atoms with van der Waals surface area (Å²) in [7, 11) is 0. The summed E-state index contributed by atoms with van der Waals surface area (Å²) in [6, 6.07) is 8.98. The molecule has 0 bridgehead atoms. The molecular weight excluding hydrogens is 494 g/mol. The second-order valence-electron chi connectivity index (χ2n) is 8.64. The standard InChI is InChI=1S/C24H27BrClN3O3/c1-7-31-20-11-15(10-18(26)21(20)32-14(2)3)13-27-29-22(30)17-12-16(25)8-9-19(17)28-23(29)24(4,5)6/h8-14H,7H2,1-6H3. The molecule has 0 N–H and O–H groups in total. The number of aromatic nitrogens is 2. The zero-order valence-corrected chi connectivity index (χ0v) is 21.4. The zero-order valence-electron chi connectivity index (χ0n) is 19.1. The first-order chi connectivity index (χ1) is 15.0. The first-order valence-corrected chi connectivity index (χ1v) is 11.6. The summed E-state index contributed by atoms with van der Waals surface area (Å²) in [4.78, 5) is 18.0. The van der Waals surface area contributed by atoms with Crippen molar-refractivity contribution in [2.45, 2.75) is 53.1 Å². The van der Waals surface area contributed by atoms with Crippen LogP contribution in [-0.4, -0.2) is 28.6 Å². The van der Waals surface area contributed by atoms with Gasteiger partial charge in [-0.1, -0.05) is 48.3 Å². The summed E-state index contributed by atoms with van der Waals surface area (Å²) >= 11 is 9.90. The molecule has 0 fully saturated rings. The van der Waals surface area contributed by atoms with Gasteiger partial charge in [-0.2, -0.15) is 9.78 Å². The molecule has 1 heterocycles. The molecule has 8 heteroatoms. The van der Waals surface area contributed by atoms with Gasteiger partial charge in [-0.15, -0.1) is 0 Å².